The Morgan fingerprint density at radius 3 is 1.33 bits per heavy atom. The van der Waals surface area contributed by atoms with Crippen LogP contribution in [0, 0.1) is 0 Å². The molecule has 0 aromatic carbocycles. The zero-order valence-electron chi connectivity index (χ0n) is 31.1. The van der Waals surface area contributed by atoms with Crippen LogP contribution in [0.15, 0.2) is 0 Å². The van der Waals surface area contributed by atoms with Crippen LogP contribution in [0.25, 0.3) is 0 Å². The lowest BCUT2D eigenvalue weighted by atomic mass is 10.0. The molecule has 1 unspecified atom stereocenters. The molecule has 0 saturated heterocycles. The minimum absolute atomic E-state index is 0.116. The van der Waals surface area contributed by atoms with Crippen LogP contribution in [0.3, 0.4) is 0 Å². The van der Waals surface area contributed by atoms with E-state index < -0.39 is 51.1 Å². The highest BCUT2D eigenvalue weighted by molar-refractivity contribution is 7.47. The molecule has 0 aliphatic rings. The number of rotatable bonds is 37. The number of unbranched alkanes of at least 4 members (excludes halogenated alkanes) is 23. The highest BCUT2D eigenvalue weighted by atomic mass is 31.2. The Morgan fingerprint density at radius 2 is 0.939 bits per heavy atom. The fraction of sp³-hybridized carbons (Fsp3) is 0.919. The molecule has 0 bridgehead atoms. The number of carboxylic acid groups (broad SMARTS) is 1. The van der Waals surface area contributed by atoms with Crippen molar-refractivity contribution in [2.45, 2.75) is 199 Å². The number of hydrogen-bond acceptors (Lipinski definition) is 9. The summed E-state index contributed by atoms with van der Waals surface area (Å²) in [6.45, 7) is 2.38. The SMILES string of the molecule is CCCCCCCCCCCCCCCCCCCCCCCCCCC(=O)OC[C@H](COP(=O)(O)OC[C@H](N)C(=O)O)OC(=O)CCC. The first-order valence-corrected chi connectivity index (χ1v) is 21.1. The Kier molecular flexibility index (Phi) is 32.6. The van der Waals surface area contributed by atoms with Crippen LogP contribution in [0.1, 0.15) is 187 Å². The molecule has 0 heterocycles. The van der Waals surface area contributed by atoms with Gasteiger partial charge in [-0.05, 0) is 12.8 Å². The maximum Gasteiger partial charge on any atom is 0.472 e. The number of esters is 2. The summed E-state index contributed by atoms with van der Waals surface area (Å²) in [5, 5.41) is 8.76. The maximum absolute atomic E-state index is 12.2. The van der Waals surface area contributed by atoms with Crippen LogP contribution in [0.2, 0.25) is 0 Å². The number of hydrogen-bond donors (Lipinski definition) is 3. The summed E-state index contributed by atoms with van der Waals surface area (Å²) in [6, 6.07) is -1.51. The first-order valence-electron chi connectivity index (χ1n) is 19.6. The van der Waals surface area contributed by atoms with Crippen molar-refractivity contribution in [2.75, 3.05) is 19.8 Å². The molecule has 4 N–H and O–H groups in total. The Labute approximate surface area is 297 Å². The monoisotopic (exact) mass is 721 g/mol. The zero-order valence-corrected chi connectivity index (χ0v) is 31.9. The molecule has 0 amide bonds. The lowest BCUT2D eigenvalue weighted by Gasteiger charge is -2.20. The number of carbonyl (C=O) groups excluding carboxylic acids is 2. The van der Waals surface area contributed by atoms with Crippen molar-refractivity contribution in [2.24, 2.45) is 5.73 Å². The average Bonchev–Trinajstić information content (AvgIpc) is 3.06. The van der Waals surface area contributed by atoms with E-state index >= 15 is 0 Å². The molecule has 290 valence electrons. The predicted molar refractivity (Wildman–Crippen MR) is 194 cm³/mol. The Balaban J connectivity index is 3.77. The number of nitrogens with two attached hydrogens (primary N) is 1. The van der Waals surface area contributed by atoms with E-state index in [1.54, 1.807) is 6.92 Å². The van der Waals surface area contributed by atoms with Crippen LogP contribution in [0.5, 0.6) is 0 Å². The van der Waals surface area contributed by atoms with Gasteiger partial charge in [0, 0.05) is 12.8 Å². The van der Waals surface area contributed by atoms with Gasteiger partial charge in [0.15, 0.2) is 6.10 Å². The second-order valence-corrected chi connectivity index (χ2v) is 14.9. The number of ether oxygens (including phenoxy) is 2. The molecule has 0 aromatic heterocycles. The average molecular weight is 722 g/mol. The molecule has 49 heavy (non-hydrogen) atoms. The zero-order chi connectivity index (χ0) is 36.4. The minimum atomic E-state index is -4.67. The van der Waals surface area contributed by atoms with Crippen molar-refractivity contribution in [3.63, 3.8) is 0 Å². The van der Waals surface area contributed by atoms with Gasteiger partial charge in [-0.15, -0.1) is 0 Å². The molecule has 0 radical (unpaired) electrons. The summed E-state index contributed by atoms with van der Waals surface area (Å²) in [6.07, 6.45) is 31.1. The smallest absolute Gasteiger partial charge is 0.472 e. The molecule has 0 rings (SSSR count). The largest absolute Gasteiger partial charge is 0.480 e. The van der Waals surface area contributed by atoms with Crippen LogP contribution < -0.4 is 5.73 Å². The molecule has 0 fully saturated rings. The van der Waals surface area contributed by atoms with E-state index in [-0.39, 0.29) is 19.4 Å². The maximum atomic E-state index is 12.2. The Hall–Kier alpha value is -1.52. The van der Waals surface area contributed by atoms with E-state index in [9.17, 15) is 23.8 Å². The number of carbonyl (C=O) groups is 3. The molecular formula is C37H72NO10P. The van der Waals surface area contributed by atoms with Gasteiger partial charge in [0.1, 0.15) is 12.6 Å². The molecule has 0 saturated carbocycles. The molecule has 3 atom stereocenters. The lowest BCUT2D eigenvalue weighted by Crippen LogP contribution is -2.34. The molecule has 11 nitrogen and oxygen atoms in total. The van der Waals surface area contributed by atoms with E-state index in [4.69, 9.17) is 24.8 Å². The van der Waals surface area contributed by atoms with Gasteiger partial charge in [0.25, 0.3) is 0 Å². The number of aliphatic carboxylic acids is 1. The number of carboxylic acids is 1. The normalized spacial score (nSPS) is 13.9. The third-order valence-corrected chi connectivity index (χ3v) is 9.53. The minimum Gasteiger partial charge on any atom is -0.480 e. The number of phosphoric ester groups is 1. The van der Waals surface area contributed by atoms with Crippen LogP contribution in [0.4, 0.5) is 0 Å². The van der Waals surface area contributed by atoms with E-state index in [2.05, 4.69) is 11.4 Å². The molecule has 0 aliphatic heterocycles. The van der Waals surface area contributed by atoms with Crippen LogP contribution in [-0.2, 0) is 37.5 Å². The summed E-state index contributed by atoms with van der Waals surface area (Å²) in [5.74, 6) is -2.43. The summed E-state index contributed by atoms with van der Waals surface area (Å²) >= 11 is 0. The topological polar surface area (TPSA) is 172 Å². The quantitative estimate of drug-likeness (QED) is 0.0317. The first kappa shape index (κ1) is 47.5. The summed E-state index contributed by atoms with van der Waals surface area (Å²) in [5.41, 5.74) is 5.26. The highest BCUT2D eigenvalue weighted by Crippen LogP contribution is 2.43. The van der Waals surface area contributed by atoms with Gasteiger partial charge in [-0.2, -0.15) is 0 Å². The van der Waals surface area contributed by atoms with E-state index in [0.29, 0.717) is 12.8 Å². The molecule has 0 spiro atoms. The predicted octanol–water partition coefficient (Wildman–Crippen LogP) is 9.56. The molecule has 0 aliphatic carbocycles. The van der Waals surface area contributed by atoms with Gasteiger partial charge in [0.2, 0.25) is 0 Å². The lowest BCUT2D eigenvalue weighted by molar-refractivity contribution is -0.161. The summed E-state index contributed by atoms with van der Waals surface area (Å²) in [7, 11) is -4.67. The van der Waals surface area contributed by atoms with Crippen molar-refractivity contribution >= 4 is 25.7 Å². The summed E-state index contributed by atoms with van der Waals surface area (Å²) in [4.78, 5) is 44.7. The second kappa shape index (κ2) is 33.6. The van der Waals surface area contributed by atoms with Crippen molar-refractivity contribution in [1.82, 2.24) is 0 Å². The molecule has 0 aromatic rings. The van der Waals surface area contributed by atoms with Crippen molar-refractivity contribution in [1.29, 1.82) is 0 Å². The Morgan fingerprint density at radius 1 is 0.551 bits per heavy atom. The third kappa shape index (κ3) is 33.4. The van der Waals surface area contributed by atoms with Gasteiger partial charge in [-0.3, -0.25) is 23.4 Å². The van der Waals surface area contributed by atoms with Gasteiger partial charge in [-0.1, -0.05) is 162 Å². The highest BCUT2D eigenvalue weighted by Gasteiger charge is 2.28. The fourth-order valence-electron chi connectivity index (χ4n) is 5.52. The van der Waals surface area contributed by atoms with E-state index in [1.165, 1.54) is 128 Å². The Bertz CT molecular complexity index is 859. The third-order valence-electron chi connectivity index (χ3n) is 8.57. The second-order valence-electron chi connectivity index (χ2n) is 13.4. The van der Waals surface area contributed by atoms with Crippen molar-refractivity contribution < 1.29 is 47.5 Å². The van der Waals surface area contributed by atoms with Crippen molar-refractivity contribution in [3.8, 4) is 0 Å². The van der Waals surface area contributed by atoms with Gasteiger partial charge in [0.05, 0.1) is 13.2 Å². The fourth-order valence-corrected chi connectivity index (χ4v) is 6.29. The standard InChI is InChI=1S/C37H72NO10P/c1-3-5-6-7-8-9-10-11-12-13-14-15-16-17-18-19-20-21-22-23-24-25-26-27-29-35(39)45-30-33(48-36(40)28-4-2)31-46-49(43,44)47-32-34(38)37(41)42/h33-34H,3-32,38H2,1-2H3,(H,41,42)(H,43,44)/t33-,34+/m1/s1. The van der Waals surface area contributed by atoms with Crippen LogP contribution in [-0.4, -0.2) is 59.9 Å². The van der Waals surface area contributed by atoms with Crippen LogP contribution >= 0.6 is 7.82 Å². The number of phosphoric acid groups is 1. The van der Waals surface area contributed by atoms with Gasteiger partial charge >= 0.3 is 25.7 Å². The summed E-state index contributed by atoms with van der Waals surface area (Å²) < 4.78 is 31.9. The van der Waals surface area contributed by atoms with Crippen molar-refractivity contribution in [3.05, 3.63) is 0 Å². The van der Waals surface area contributed by atoms with E-state index in [0.717, 1.165) is 19.3 Å². The first-order chi connectivity index (χ1) is 23.6. The van der Waals surface area contributed by atoms with Gasteiger partial charge in [-0.25, -0.2) is 4.57 Å². The van der Waals surface area contributed by atoms with Gasteiger partial charge < -0.3 is 25.2 Å². The van der Waals surface area contributed by atoms with E-state index in [1.807, 2.05) is 0 Å². The molecular weight excluding hydrogens is 649 g/mol. The molecule has 12 heteroatoms.